The van der Waals surface area contributed by atoms with Crippen molar-refractivity contribution in [2.45, 2.75) is 12.3 Å². The Balaban J connectivity index is 1.50. The summed E-state index contributed by atoms with van der Waals surface area (Å²) in [7, 11) is -2.12. The maximum Gasteiger partial charge on any atom is 0.253 e. The molecule has 0 bridgehead atoms. The van der Waals surface area contributed by atoms with Crippen LogP contribution in [0.1, 0.15) is 17.7 Å². The molecule has 35 heavy (non-hydrogen) atoms. The summed E-state index contributed by atoms with van der Waals surface area (Å²) in [6.45, 7) is -0.211. The number of rotatable bonds is 5. The number of pyridine rings is 2. The number of aromatic nitrogens is 2. The number of ether oxygens (including phenoxy) is 1. The van der Waals surface area contributed by atoms with Gasteiger partial charge in [-0.15, -0.1) is 0 Å². The van der Waals surface area contributed by atoms with E-state index in [1.54, 1.807) is 36.4 Å². The lowest BCUT2D eigenvalue weighted by Crippen LogP contribution is -2.33. The van der Waals surface area contributed by atoms with Crippen molar-refractivity contribution in [2.24, 2.45) is 5.92 Å². The molecular formula is C23H18F2N6O3S. The van der Waals surface area contributed by atoms with E-state index in [4.69, 9.17) is 10.00 Å². The fourth-order valence-corrected chi connectivity index (χ4v) is 5.30. The van der Waals surface area contributed by atoms with Crippen molar-refractivity contribution in [2.75, 3.05) is 22.2 Å². The van der Waals surface area contributed by atoms with E-state index < -0.39 is 22.8 Å². The number of halogens is 2. The molecule has 12 heteroatoms. The first kappa shape index (κ1) is 22.8. The number of anilines is 2. The molecule has 1 aromatic carbocycles. The van der Waals surface area contributed by atoms with Crippen molar-refractivity contribution in [1.82, 2.24) is 9.97 Å². The standard InChI is InChI=1S/C23H18F2N6O3S/c1-30-22-21(31(35(30,32)33)13-15-10-23(15,24)25)5-4-20(29-22)19-9-17(3-2-14(19)11-26)34-18-6-7-28-16(8-18)12-27/h2-9,15,32-33H,10,13H2,1H3. The maximum absolute atomic E-state index is 13.5. The summed E-state index contributed by atoms with van der Waals surface area (Å²) in [4.78, 5) is 8.43. The van der Waals surface area contributed by atoms with E-state index in [1.165, 1.54) is 27.9 Å². The predicted molar refractivity (Wildman–Crippen MR) is 125 cm³/mol. The smallest absolute Gasteiger partial charge is 0.253 e. The quantitative estimate of drug-likeness (QED) is 0.491. The molecule has 0 radical (unpaired) electrons. The molecular weight excluding hydrogens is 478 g/mol. The van der Waals surface area contributed by atoms with Gasteiger partial charge in [-0.2, -0.15) is 10.5 Å². The number of nitriles is 2. The van der Waals surface area contributed by atoms with Crippen LogP contribution in [0.4, 0.5) is 20.3 Å². The monoisotopic (exact) mass is 496 g/mol. The molecule has 1 aliphatic heterocycles. The Labute approximate surface area is 201 Å². The number of fused-ring (bicyclic) bond motifs is 1. The van der Waals surface area contributed by atoms with E-state index in [0.29, 0.717) is 34.0 Å². The van der Waals surface area contributed by atoms with Crippen LogP contribution in [-0.4, -0.2) is 38.6 Å². The largest absolute Gasteiger partial charge is 0.457 e. The van der Waals surface area contributed by atoms with Gasteiger partial charge in [-0.05, 0) is 47.4 Å². The minimum absolute atomic E-state index is 0.187. The van der Waals surface area contributed by atoms with Crippen LogP contribution in [0.3, 0.4) is 0 Å². The molecule has 2 N–H and O–H groups in total. The van der Waals surface area contributed by atoms with Gasteiger partial charge in [0.05, 0.1) is 17.3 Å². The number of hydrogen-bond donors (Lipinski definition) is 2. The van der Waals surface area contributed by atoms with Crippen LogP contribution >= 0.6 is 11.0 Å². The number of nitrogens with zero attached hydrogens (tertiary/aromatic N) is 6. The maximum atomic E-state index is 13.5. The highest BCUT2D eigenvalue weighted by molar-refractivity contribution is 8.26. The van der Waals surface area contributed by atoms with Gasteiger partial charge < -0.3 is 4.74 Å². The molecule has 0 spiro atoms. The molecule has 1 unspecified atom stereocenters. The Morgan fingerprint density at radius 3 is 2.57 bits per heavy atom. The predicted octanol–water partition coefficient (Wildman–Crippen LogP) is 5.17. The number of benzene rings is 1. The van der Waals surface area contributed by atoms with E-state index in [-0.39, 0.29) is 24.5 Å². The Hall–Kier alpha value is -3.97. The highest BCUT2D eigenvalue weighted by Gasteiger charge is 2.59. The Kier molecular flexibility index (Phi) is 5.25. The lowest BCUT2D eigenvalue weighted by molar-refractivity contribution is 0.101. The molecule has 1 saturated carbocycles. The third kappa shape index (κ3) is 3.98. The normalized spacial score (nSPS) is 19.9. The topological polar surface area (TPSA) is 130 Å². The van der Waals surface area contributed by atoms with E-state index in [1.807, 2.05) is 6.07 Å². The van der Waals surface area contributed by atoms with Gasteiger partial charge in [0.25, 0.3) is 5.92 Å². The van der Waals surface area contributed by atoms with Crippen LogP contribution < -0.4 is 13.3 Å². The van der Waals surface area contributed by atoms with Crippen LogP contribution in [0.25, 0.3) is 11.3 Å². The summed E-state index contributed by atoms with van der Waals surface area (Å²) in [6.07, 6.45) is 1.15. The number of alkyl halides is 2. The van der Waals surface area contributed by atoms with E-state index in [9.17, 15) is 23.1 Å². The molecule has 2 aromatic heterocycles. The second kappa shape index (κ2) is 8.06. The molecule has 1 aliphatic carbocycles. The third-order valence-corrected chi connectivity index (χ3v) is 7.74. The summed E-state index contributed by atoms with van der Waals surface area (Å²) < 4.78 is 56.6. The average Bonchev–Trinajstić information content (AvgIpc) is 3.41. The molecule has 5 rings (SSSR count). The summed E-state index contributed by atoms with van der Waals surface area (Å²) in [5.74, 6) is -2.80. The van der Waals surface area contributed by atoms with Crippen LogP contribution in [0.5, 0.6) is 11.5 Å². The van der Waals surface area contributed by atoms with Gasteiger partial charge in [-0.25, -0.2) is 27.4 Å². The highest BCUT2D eigenvalue weighted by Crippen LogP contribution is 2.62. The fraction of sp³-hybridized carbons (Fsp3) is 0.217. The van der Waals surface area contributed by atoms with E-state index in [0.717, 1.165) is 0 Å². The van der Waals surface area contributed by atoms with Crippen molar-refractivity contribution in [3.63, 3.8) is 0 Å². The van der Waals surface area contributed by atoms with Crippen LogP contribution in [0, 0.1) is 28.6 Å². The molecule has 9 nitrogen and oxygen atoms in total. The molecule has 1 fully saturated rings. The van der Waals surface area contributed by atoms with Crippen LogP contribution in [-0.2, 0) is 0 Å². The average molecular weight is 496 g/mol. The fourth-order valence-electron chi connectivity index (χ4n) is 3.85. The van der Waals surface area contributed by atoms with Crippen LogP contribution in [0.2, 0.25) is 0 Å². The Bertz CT molecular complexity index is 1420. The van der Waals surface area contributed by atoms with Crippen molar-refractivity contribution in [3.8, 4) is 34.9 Å². The summed E-state index contributed by atoms with van der Waals surface area (Å²) >= 11 is 0. The van der Waals surface area contributed by atoms with Gasteiger partial charge in [0.1, 0.15) is 28.9 Å². The summed E-state index contributed by atoms with van der Waals surface area (Å²) in [5.41, 5.74) is 1.61. The Morgan fingerprint density at radius 2 is 1.89 bits per heavy atom. The summed E-state index contributed by atoms with van der Waals surface area (Å²) in [6, 6.07) is 15.0. The minimum Gasteiger partial charge on any atom is -0.457 e. The van der Waals surface area contributed by atoms with Gasteiger partial charge in [0, 0.05) is 43.8 Å². The second-order valence-electron chi connectivity index (χ2n) is 8.16. The van der Waals surface area contributed by atoms with Crippen molar-refractivity contribution < 1.29 is 22.6 Å². The first-order valence-electron chi connectivity index (χ1n) is 10.4. The van der Waals surface area contributed by atoms with Gasteiger partial charge in [0.2, 0.25) is 0 Å². The molecule has 0 amide bonds. The van der Waals surface area contributed by atoms with Crippen LogP contribution in [0.15, 0.2) is 48.7 Å². The second-order valence-corrected chi connectivity index (χ2v) is 10.1. The first-order chi connectivity index (χ1) is 16.6. The molecule has 178 valence electrons. The molecule has 3 heterocycles. The third-order valence-electron chi connectivity index (χ3n) is 5.90. The van der Waals surface area contributed by atoms with Gasteiger partial charge in [0.15, 0.2) is 5.82 Å². The van der Waals surface area contributed by atoms with E-state index in [2.05, 4.69) is 16.0 Å². The highest BCUT2D eigenvalue weighted by atomic mass is 32.3. The zero-order chi connectivity index (χ0) is 25.0. The first-order valence-corrected chi connectivity index (χ1v) is 11.9. The zero-order valence-corrected chi connectivity index (χ0v) is 19.1. The van der Waals surface area contributed by atoms with Gasteiger partial charge >= 0.3 is 0 Å². The van der Waals surface area contributed by atoms with Gasteiger partial charge in [-0.3, -0.25) is 9.11 Å². The minimum atomic E-state index is -3.55. The lowest BCUT2D eigenvalue weighted by atomic mass is 10.0. The number of hydrogen-bond acceptors (Lipinski definition) is 9. The Morgan fingerprint density at radius 1 is 1.14 bits per heavy atom. The SMILES string of the molecule is CN1c2nc(-c3cc(Oc4ccnc(C#N)c4)ccc3C#N)ccc2N(CC2CC2(F)F)S1(O)O. The van der Waals surface area contributed by atoms with Gasteiger partial charge in [-0.1, -0.05) is 0 Å². The molecule has 0 saturated heterocycles. The molecule has 1 atom stereocenters. The zero-order valence-electron chi connectivity index (χ0n) is 18.3. The van der Waals surface area contributed by atoms with Crippen molar-refractivity contribution >= 4 is 22.5 Å². The lowest BCUT2D eigenvalue weighted by Gasteiger charge is -2.41. The molecule has 2 aliphatic rings. The van der Waals surface area contributed by atoms with Crippen molar-refractivity contribution in [3.05, 3.63) is 59.9 Å². The summed E-state index contributed by atoms with van der Waals surface area (Å²) in [5, 5.41) is 18.7. The van der Waals surface area contributed by atoms with Crippen molar-refractivity contribution in [1.29, 1.82) is 10.5 Å². The molecule has 3 aromatic rings. The van der Waals surface area contributed by atoms with E-state index >= 15 is 0 Å².